The van der Waals surface area contributed by atoms with Gasteiger partial charge in [-0.3, -0.25) is 0 Å². The third kappa shape index (κ3) is 1.80. The maximum absolute atomic E-state index is 5.58. The van der Waals surface area contributed by atoms with Crippen LogP contribution in [0.4, 0.5) is 0 Å². The fraction of sp³-hybridized carbons (Fsp3) is 0.333. The Balaban J connectivity index is 2.13. The van der Waals surface area contributed by atoms with Crippen LogP contribution >= 0.6 is 0 Å². The van der Waals surface area contributed by atoms with Crippen molar-refractivity contribution < 1.29 is 9.47 Å². The minimum Gasteiger partial charge on any atom is -0.497 e. The lowest BCUT2D eigenvalue weighted by molar-refractivity contribution is 0.114. The highest BCUT2D eigenvalue weighted by atomic mass is 16.5. The zero-order chi connectivity index (χ0) is 9.97. The van der Waals surface area contributed by atoms with Crippen molar-refractivity contribution in [1.82, 2.24) is 0 Å². The molecule has 1 aliphatic rings. The second-order valence-corrected chi connectivity index (χ2v) is 3.53. The molecule has 1 aliphatic heterocycles. The lowest BCUT2D eigenvalue weighted by Gasteiger charge is -2.09. The molecule has 1 fully saturated rings. The average Bonchev–Trinajstić information content (AvgIpc) is 2.65. The summed E-state index contributed by atoms with van der Waals surface area (Å²) < 4.78 is 10.7. The van der Waals surface area contributed by atoms with Gasteiger partial charge in [-0.1, -0.05) is 18.7 Å². The van der Waals surface area contributed by atoms with E-state index in [4.69, 9.17) is 9.47 Å². The molecule has 0 N–H and O–H groups in total. The van der Waals surface area contributed by atoms with Gasteiger partial charge in [-0.15, -0.1) is 0 Å². The quantitative estimate of drug-likeness (QED) is 0.667. The van der Waals surface area contributed by atoms with Crippen LogP contribution in [0.3, 0.4) is 0 Å². The molecule has 0 spiro atoms. The highest BCUT2D eigenvalue weighted by Gasteiger charge is 2.19. The Morgan fingerprint density at radius 1 is 1.36 bits per heavy atom. The van der Waals surface area contributed by atoms with E-state index in [-0.39, 0.29) is 6.10 Å². The van der Waals surface area contributed by atoms with Crippen LogP contribution in [0.2, 0.25) is 0 Å². The summed E-state index contributed by atoms with van der Waals surface area (Å²) in [6.07, 6.45) is 1.13. The normalized spacial score (nSPS) is 21.2. The van der Waals surface area contributed by atoms with E-state index in [1.807, 2.05) is 24.3 Å². The summed E-state index contributed by atoms with van der Waals surface area (Å²) in [7, 11) is 1.67. The summed E-state index contributed by atoms with van der Waals surface area (Å²) in [6.45, 7) is 4.61. The number of benzene rings is 1. The van der Waals surface area contributed by atoms with Gasteiger partial charge >= 0.3 is 0 Å². The molecule has 1 aromatic rings. The van der Waals surface area contributed by atoms with Crippen molar-refractivity contribution in [1.29, 1.82) is 0 Å². The summed E-state index contributed by atoms with van der Waals surface area (Å²) in [5, 5.41) is 0. The summed E-state index contributed by atoms with van der Waals surface area (Å²) in [5.74, 6) is 0.880. The highest BCUT2D eigenvalue weighted by molar-refractivity contribution is 5.29. The first-order valence-electron chi connectivity index (χ1n) is 4.72. The second-order valence-electron chi connectivity index (χ2n) is 3.53. The van der Waals surface area contributed by atoms with E-state index >= 15 is 0 Å². The molecular weight excluding hydrogens is 176 g/mol. The first-order valence-corrected chi connectivity index (χ1v) is 4.72. The third-order valence-electron chi connectivity index (χ3n) is 2.45. The largest absolute Gasteiger partial charge is 0.497 e. The molecule has 1 heterocycles. The molecule has 2 rings (SSSR count). The first-order chi connectivity index (χ1) is 6.79. The number of hydrogen-bond acceptors (Lipinski definition) is 2. The predicted molar refractivity (Wildman–Crippen MR) is 55.4 cm³/mol. The lowest BCUT2D eigenvalue weighted by atomic mass is 10.1. The van der Waals surface area contributed by atoms with E-state index in [1.165, 1.54) is 11.1 Å². The number of ether oxygens (including phenoxy) is 2. The van der Waals surface area contributed by atoms with Crippen molar-refractivity contribution in [2.75, 3.05) is 13.7 Å². The van der Waals surface area contributed by atoms with Gasteiger partial charge in [0.05, 0.1) is 19.8 Å². The monoisotopic (exact) mass is 190 g/mol. The Hall–Kier alpha value is -1.28. The molecular formula is C12H14O2. The van der Waals surface area contributed by atoms with Crippen LogP contribution in [-0.2, 0) is 4.74 Å². The predicted octanol–water partition coefficient (Wildman–Crippen LogP) is 2.71. The van der Waals surface area contributed by atoms with Crippen LogP contribution in [0.1, 0.15) is 18.1 Å². The van der Waals surface area contributed by atoms with Gasteiger partial charge < -0.3 is 9.47 Å². The molecule has 0 radical (unpaired) electrons. The van der Waals surface area contributed by atoms with Crippen LogP contribution in [-0.4, -0.2) is 13.7 Å². The summed E-state index contributed by atoms with van der Waals surface area (Å²) in [4.78, 5) is 0. The maximum atomic E-state index is 5.58. The Morgan fingerprint density at radius 3 is 2.57 bits per heavy atom. The maximum Gasteiger partial charge on any atom is 0.118 e. The van der Waals surface area contributed by atoms with E-state index in [0.29, 0.717) is 6.61 Å². The van der Waals surface area contributed by atoms with Crippen molar-refractivity contribution in [3.05, 3.63) is 42.0 Å². The van der Waals surface area contributed by atoms with Gasteiger partial charge in [0.25, 0.3) is 0 Å². The Labute approximate surface area is 84.2 Å². The molecule has 1 saturated heterocycles. The summed E-state index contributed by atoms with van der Waals surface area (Å²) in [6, 6.07) is 8.00. The molecule has 1 unspecified atom stereocenters. The molecule has 2 nitrogen and oxygen atoms in total. The van der Waals surface area contributed by atoms with Crippen LogP contribution < -0.4 is 4.74 Å². The van der Waals surface area contributed by atoms with Gasteiger partial charge in [0.15, 0.2) is 0 Å². The molecule has 0 aromatic heterocycles. The van der Waals surface area contributed by atoms with E-state index < -0.39 is 0 Å². The van der Waals surface area contributed by atoms with E-state index in [0.717, 1.165) is 12.2 Å². The van der Waals surface area contributed by atoms with Gasteiger partial charge in [0, 0.05) is 6.42 Å². The summed E-state index contributed by atoms with van der Waals surface area (Å²) in [5.41, 5.74) is 2.37. The zero-order valence-electron chi connectivity index (χ0n) is 8.32. The van der Waals surface area contributed by atoms with Gasteiger partial charge in [0.1, 0.15) is 5.75 Å². The topological polar surface area (TPSA) is 18.5 Å². The van der Waals surface area contributed by atoms with E-state index in [9.17, 15) is 0 Å². The number of methoxy groups -OCH3 is 1. The van der Waals surface area contributed by atoms with E-state index in [1.54, 1.807) is 7.11 Å². The Bertz CT molecular complexity index is 327. The third-order valence-corrected chi connectivity index (χ3v) is 2.45. The fourth-order valence-electron chi connectivity index (χ4n) is 1.63. The molecule has 0 bridgehead atoms. The van der Waals surface area contributed by atoms with Gasteiger partial charge in [0.2, 0.25) is 0 Å². The molecule has 1 aromatic carbocycles. The van der Waals surface area contributed by atoms with Crippen molar-refractivity contribution in [2.24, 2.45) is 0 Å². The van der Waals surface area contributed by atoms with Crippen LogP contribution in [0.25, 0.3) is 0 Å². The van der Waals surface area contributed by atoms with Gasteiger partial charge in [-0.25, -0.2) is 0 Å². The SMILES string of the molecule is C=C1COC(c2ccc(OC)cc2)C1. The number of hydrogen-bond donors (Lipinski definition) is 0. The van der Waals surface area contributed by atoms with Crippen LogP contribution in [0.15, 0.2) is 36.4 Å². The average molecular weight is 190 g/mol. The zero-order valence-corrected chi connectivity index (χ0v) is 8.32. The van der Waals surface area contributed by atoms with Crippen molar-refractivity contribution in [3.63, 3.8) is 0 Å². The molecule has 0 amide bonds. The van der Waals surface area contributed by atoms with E-state index in [2.05, 4.69) is 6.58 Å². The van der Waals surface area contributed by atoms with Crippen LogP contribution in [0.5, 0.6) is 5.75 Å². The Morgan fingerprint density at radius 2 is 2.07 bits per heavy atom. The second kappa shape index (κ2) is 3.84. The Kier molecular flexibility index (Phi) is 2.55. The number of rotatable bonds is 2. The molecule has 0 saturated carbocycles. The standard InChI is InChI=1S/C12H14O2/c1-9-7-12(14-8-9)10-3-5-11(13-2)6-4-10/h3-6,12H,1,7-8H2,2H3. The lowest BCUT2D eigenvalue weighted by Crippen LogP contribution is -1.95. The fourth-order valence-corrected chi connectivity index (χ4v) is 1.63. The first kappa shape index (κ1) is 9.28. The van der Waals surface area contributed by atoms with Crippen molar-refractivity contribution in [2.45, 2.75) is 12.5 Å². The summed E-state index contributed by atoms with van der Waals surface area (Å²) >= 11 is 0. The smallest absolute Gasteiger partial charge is 0.118 e. The molecule has 14 heavy (non-hydrogen) atoms. The van der Waals surface area contributed by atoms with Crippen molar-refractivity contribution >= 4 is 0 Å². The van der Waals surface area contributed by atoms with Crippen LogP contribution in [0, 0.1) is 0 Å². The minimum absolute atomic E-state index is 0.188. The molecule has 1 atom stereocenters. The molecule has 2 heteroatoms. The van der Waals surface area contributed by atoms with Crippen molar-refractivity contribution in [3.8, 4) is 5.75 Å². The highest BCUT2D eigenvalue weighted by Crippen LogP contribution is 2.31. The molecule has 74 valence electrons. The van der Waals surface area contributed by atoms with Gasteiger partial charge in [-0.2, -0.15) is 0 Å². The molecule has 0 aliphatic carbocycles. The minimum atomic E-state index is 0.188. The van der Waals surface area contributed by atoms with Gasteiger partial charge in [-0.05, 0) is 23.3 Å².